The number of rotatable bonds is 3. The van der Waals surface area contributed by atoms with Gasteiger partial charge in [0.05, 0.1) is 10.5 Å². The Morgan fingerprint density at radius 2 is 1.84 bits per heavy atom. The molecule has 0 amide bonds. The minimum absolute atomic E-state index is 0.188. The number of thiocarbonyl (C=S) groups is 1. The number of anilines is 2. The van der Waals surface area contributed by atoms with Gasteiger partial charge in [0.1, 0.15) is 5.69 Å². The van der Waals surface area contributed by atoms with Gasteiger partial charge in [0.15, 0.2) is 5.11 Å². The summed E-state index contributed by atoms with van der Waals surface area (Å²) in [7, 11) is 0. The topological polar surface area (TPSA) is 61.6 Å². The van der Waals surface area contributed by atoms with E-state index in [1.807, 2.05) is 30.9 Å². The van der Waals surface area contributed by atoms with E-state index in [1.165, 1.54) is 6.07 Å². The van der Waals surface area contributed by atoms with Crippen molar-refractivity contribution in [2.75, 3.05) is 36.4 Å². The molecule has 3 rings (SSSR count). The molecule has 0 bridgehead atoms. The molecule has 1 N–H and O–H groups in total. The molecule has 1 heterocycles. The molecule has 166 valence electrons. The molecule has 1 aliphatic heterocycles. The van der Waals surface area contributed by atoms with E-state index in [4.69, 9.17) is 12.2 Å². The lowest BCUT2D eigenvalue weighted by Gasteiger charge is -2.26. The van der Waals surface area contributed by atoms with Crippen molar-refractivity contribution >= 4 is 34.4 Å². The first-order valence-corrected chi connectivity index (χ1v) is 10.2. The standard InChI is InChI=1S/C21H23F3N4O2S/c1-14-4-6-17(15(2)12-14)25-20(31)27-9-3-8-26(10-11-27)18-7-5-16(21(22,23)24)13-19(18)28(29)30/h4-7,12-13H,3,8-11H2,1-2H3,(H,25,31). The predicted octanol–water partition coefficient (Wildman–Crippen LogP) is 5.14. The lowest BCUT2D eigenvalue weighted by molar-refractivity contribution is -0.384. The monoisotopic (exact) mass is 452 g/mol. The minimum Gasteiger partial charge on any atom is -0.364 e. The minimum atomic E-state index is -4.63. The van der Waals surface area contributed by atoms with Crippen molar-refractivity contribution in [3.8, 4) is 0 Å². The van der Waals surface area contributed by atoms with Gasteiger partial charge in [-0.05, 0) is 56.2 Å². The maximum atomic E-state index is 13.0. The highest BCUT2D eigenvalue weighted by molar-refractivity contribution is 7.80. The van der Waals surface area contributed by atoms with E-state index in [-0.39, 0.29) is 5.69 Å². The second-order valence-electron chi connectivity index (χ2n) is 7.53. The average Bonchev–Trinajstić information content (AvgIpc) is 2.95. The smallest absolute Gasteiger partial charge is 0.364 e. The van der Waals surface area contributed by atoms with Crippen molar-refractivity contribution in [1.82, 2.24) is 4.90 Å². The van der Waals surface area contributed by atoms with E-state index in [9.17, 15) is 23.3 Å². The van der Waals surface area contributed by atoms with Gasteiger partial charge in [-0.25, -0.2) is 0 Å². The van der Waals surface area contributed by atoms with Gasteiger partial charge in [-0.15, -0.1) is 0 Å². The van der Waals surface area contributed by atoms with Crippen LogP contribution >= 0.6 is 12.2 Å². The number of nitro groups is 1. The molecule has 0 atom stereocenters. The molecule has 2 aromatic rings. The van der Waals surface area contributed by atoms with E-state index < -0.39 is 22.4 Å². The summed E-state index contributed by atoms with van der Waals surface area (Å²) in [5, 5.41) is 15.2. The highest BCUT2D eigenvalue weighted by atomic mass is 32.1. The number of hydrogen-bond donors (Lipinski definition) is 1. The molecule has 10 heteroatoms. The molecule has 0 aromatic heterocycles. The summed E-state index contributed by atoms with van der Waals surface area (Å²) in [6.45, 7) is 6.02. The number of aryl methyl sites for hydroxylation is 2. The Kier molecular flexibility index (Phi) is 6.68. The Bertz CT molecular complexity index is 997. The fraction of sp³-hybridized carbons (Fsp3) is 0.381. The van der Waals surface area contributed by atoms with Crippen LogP contribution in [0.1, 0.15) is 23.1 Å². The zero-order chi connectivity index (χ0) is 22.8. The van der Waals surface area contributed by atoms with Crippen LogP contribution < -0.4 is 10.2 Å². The van der Waals surface area contributed by atoms with Crippen LogP contribution in [0.3, 0.4) is 0 Å². The first kappa shape index (κ1) is 22.8. The zero-order valence-corrected chi connectivity index (χ0v) is 18.0. The summed E-state index contributed by atoms with van der Waals surface area (Å²) in [5.74, 6) is 0. The molecular formula is C21H23F3N4O2S. The highest BCUT2D eigenvalue weighted by Crippen LogP contribution is 2.36. The lowest BCUT2D eigenvalue weighted by Crippen LogP contribution is -2.38. The molecule has 0 saturated carbocycles. The van der Waals surface area contributed by atoms with Gasteiger partial charge in [0.25, 0.3) is 5.69 Å². The quantitative estimate of drug-likeness (QED) is 0.395. The zero-order valence-electron chi connectivity index (χ0n) is 17.2. The van der Waals surface area contributed by atoms with E-state index >= 15 is 0 Å². The van der Waals surface area contributed by atoms with Crippen LogP contribution in [0.25, 0.3) is 0 Å². The lowest BCUT2D eigenvalue weighted by atomic mass is 10.1. The summed E-state index contributed by atoms with van der Waals surface area (Å²) in [6.07, 6.45) is -3.97. The molecule has 0 radical (unpaired) electrons. The molecule has 31 heavy (non-hydrogen) atoms. The third kappa shape index (κ3) is 5.43. The Balaban J connectivity index is 1.74. The number of halogens is 3. The van der Waals surface area contributed by atoms with Crippen LogP contribution in [0.2, 0.25) is 0 Å². The summed E-state index contributed by atoms with van der Waals surface area (Å²) in [4.78, 5) is 14.4. The van der Waals surface area contributed by atoms with E-state index in [2.05, 4.69) is 11.4 Å². The van der Waals surface area contributed by atoms with Gasteiger partial charge in [-0.1, -0.05) is 17.7 Å². The third-order valence-corrected chi connectivity index (χ3v) is 5.61. The molecule has 6 nitrogen and oxygen atoms in total. The van der Waals surface area contributed by atoms with E-state index in [0.29, 0.717) is 43.8 Å². The number of nitrogens with one attached hydrogen (secondary N) is 1. The molecule has 0 aliphatic carbocycles. The van der Waals surface area contributed by atoms with Gasteiger partial charge < -0.3 is 15.1 Å². The van der Waals surface area contributed by atoms with E-state index in [1.54, 1.807) is 4.90 Å². The summed E-state index contributed by atoms with van der Waals surface area (Å²) >= 11 is 5.55. The van der Waals surface area contributed by atoms with Gasteiger partial charge in [-0.2, -0.15) is 13.2 Å². The van der Waals surface area contributed by atoms with Crippen molar-refractivity contribution in [3.05, 3.63) is 63.2 Å². The van der Waals surface area contributed by atoms with Gasteiger partial charge in [0.2, 0.25) is 0 Å². The number of benzene rings is 2. The molecular weight excluding hydrogens is 429 g/mol. The van der Waals surface area contributed by atoms with Crippen molar-refractivity contribution in [1.29, 1.82) is 0 Å². The summed E-state index contributed by atoms with van der Waals surface area (Å²) in [6, 6.07) is 8.68. The van der Waals surface area contributed by atoms with Crippen molar-refractivity contribution in [2.24, 2.45) is 0 Å². The molecule has 1 saturated heterocycles. The average molecular weight is 453 g/mol. The maximum Gasteiger partial charge on any atom is 0.416 e. The van der Waals surface area contributed by atoms with Crippen molar-refractivity contribution in [3.63, 3.8) is 0 Å². The molecule has 0 unspecified atom stereocenters. The normalized spacial score (nSPS) is 14.9. The van der Waals surface area contributed by atoms with Crippen LogP contribution in [-0.2, 0) is 6.18 Å². The maximum absolute atomic E-state index is 13.0. The van der Waals surface area contributed by atoms with Crippen LogP contribution in [-0.4, -0.2) is 41.1 Å². The third-order valence-electron chi connectivity index (χ3n) is 5.25. The molecule has 1 aliphatic rings. The SMILES string of the molecule is Cc1ccc(NC(=S)N2CCCN(c3ccc(C(F)(F)F)cc3[N+](=O)[O-])CC2)c(C)c1. The number of nitro benzene ring substituents is 1. The van der Waals surface area contributed by atoms with E-state index in [0.717, 1.165) is 22.9 Å². The van der Waals surface area contributed by atoms with Crippen LogP contribution in [0.15, 0.2) is 36.4 Å². The first-order valence-electron chi connectivity index (χ1n) is 9.80. The van der Waals surface area contributed by atoms with Gasteiger partial charge in [0, 0.05) is 37.9 Å². The Morgan fingerprint density at radius 1 is 1.10 bits per heavy atom. The van der Waals surface area contributed by atoms with Crippen LogP contribution in [0.4, 0.5) is 30.2 Å². The van der Waals surface area contributed by atoms with Crippen molar-refractivity contribution in [2.45, 2.75) is 26.4 Å². The molecule has 0 spiro atoms. The first-order chi connectivity index (χ1) is 14.6. The summed E-state index contributed by atoms with van der Waals surface area (Å²) < 4.78 is 38.9. The van der Waals surface area contributed by atoms with Crippen LogP contribution in [0.5, 0.6) is 0 Å². The molecule has 1 fully saturated rings. The highest BCUT2D eigenvalue weighted by Gasteiger charge is 2.34. The summed E-state index contributed by atoms with van der Waals surface area (Å²) in [5.41, 5.74) is 1.75. The second kappa shape index (κ2) is 9.09. The second-order valence-corrected chi connectivity index (χ2v) is 7.92. The number of hydrogen-bond acceptors (Lipinski definition) is 4. The fourth-order valence-electron chi connectivity index (χ4n) is 3.62. The Morgan fingerprint density at radius 3 is 2.48 bits per heavy atom. The van der Waals surface area contributed by atoms with Gasteiger partial charge in [-0.3, -0.25) is 10.1 Å². The van der Waals surface area contributed by atoms with Gasteiger partial charge >= 0.3 is 6.18 Å². The number of nitrogens with zero attached hydrogens (tertiary/aromatic N) is 3. The molecule has 2 aromatic carbocycles. The van der Waals surface area contributed by atoms with Crippen molar-refractivity contribution < 1.29 is 18.1 Å². The van der Waals surface area contributed by atoms with Crippen LogP contribution in [0, 0.1) is 24.0 Å². The number of alkyl halides is 3. The predicted molar refractivity (Wildman–Crippen MR) is 119 cm³/mol. The fourth-order valence-corrected chi connectivity index (χ4v) is 3.92. The largest absolute Gasteiger partial charge is 0.416 e. The Hall–Kier alpha value is -2.88. The Labute approximate surface area is 183 Å².